The van der Waals surface area contributed by atoms with E-state index in [4.69, 9.17) is 0 Å². The van der Waals surface area contributed by atoms with Gasteiger partial charge in [0.1, 0.15) is 5.03 Å². The van der Waals surface area contributed by atoms with E-state index in [2.05, 4.69) is 4.98 Å². The molecule has 0 bridgehead atoms. The average molecular weight is 286 g/mol. The predicted molar refractivity (Wildman–Crippen MR) is 73.8 cm³/mol. The lowest BCUT2D eigenvalue weighted by molar-refractivity contribution is 0.542. The van der Waals surface area contributed by atoms with Crippen molar-refractivity contribution in [3.05, 3.63) is 54.9 Å². The number of hydrogen-bond acceptors (Lipinski definition) is 4. The highest BCUT2D eigenvalue weighted by Gasteiger charge is 2.23. The molecule has 2 aromatic heterocycles. The quantitative estimate of drug-likeness (QED) is 0.690. The van der Waals surface area contributed by atoms with Crippen molar-refractivity contribution in [2.75, 3.05) is 0 Å². The Hall–Kier alpha value is -2.47. The summed E-state index contributed by atoms with van der Waals surface area (Å²) < 4.78 is 26.3. The number of pyridine rings is 1. The molecule has 0 aliphatic carbocycles. The third-order valence-corrected chi connectivity index (χ3v) is 4.80. The van der Waals surface area contributed by atoms with Gasteiger partial charge in [-0.2, -0.15) is 0 Å². The van der Waals surface area contributed by atoms with E-state index in [0.717, 1.165) is 4.57 Å². The Bertz CT molecular complexity index is 883. The third-order valence-electron chi connectivity index (χ3n) is 3.04. The van der Waals surface area contributed by atoms with Gasteiger partial charge in [0.15, 0.2) is 0 Å². The summed E-state index contributed by atoms with van der Waals surface area (Å²) >= 11 is 0. The molecule has 1 aromatic carbocycles. The lowest BCUT2D eigenvalue weighted by atomic mass is 10.3. The molecule has 0 aliphatic rings. The lowest BCUT2D eigenvalue weighted by Crippen LogP contribution is -2.09. The first kappa shape index (κ1) is 12.6. The van der Waals surface area contributed by atoms with Crippen molar-refractivity contribution < 1.29 is 13.2 Å². The zero-order valence-corrected chi connectivity index (χ0v) is 11.1. The second kappa shape index (κ2) is 4.57. The van der Waals surface area contributed by atoms with Crippen LogP contribution < -0.4 is 0 Å². The minimum atomic E-state index is -3.74. The molecule has 0 saturated carbocycles. The summed E-state index contributed by atoms with van der Waals surface area (Å²) in [5, 5.41) is 0.552. The first-order chi connectivity index (χ1) is 9.64. The SMILES string of the molecule is O=Cn1c(S(=O)(=O)c2ccccc2)cc2cnccc21. The number of fused-ring (bicyclic) bond motifs is 1. The molecule has 0 atom stereocenters. The van der Waals surface area contributed by atoms with Gasteiger partial charge in [0.25, 0.3) is 0 Å². The fraction of sp³-hybridized carbons (Fsp3) is 0. The average Bonchev–Trinajstić information content (AvgIpc) is 2.87. The molecule has 3 aromatic rings. The number of aromatic nitrogens is 2. The van der Waals surface area contributed by atoms with E-state index in [1.165, 1.54) is 30.6 Å². The van der Waals surface area contributed by atoms with Crippen molar-refractivity contribution in [3.8, 4) is 0 Å². The first-order valence-corrected chi connectivity index (χ1v) is 7.33. The van der Waals surface area contributed by atoms with Crippen molar-refractivity contribution >= 4 is 27.2 Å². The second-order valence-corrected chi connectivity index (χ2v) is 6.11. The van der Waals surface area contributed by atoms with Gasteiger partial charge in [0.05, 0.1) is 10.4 Å². The summed E-state index contributed by atoms with van der Waals surface area (Å²) in [6.07, 6.45) is 3.54. The third kappa shape index (κ3) is 1.81. The van der Waals surface area contributed by atoms with Crippen LogP contribution in [0.3, 0.4) is 0 Å². The van der Waals surface area contributed by atoms with Crippen molar-refractivity contribution in [1.29, 1.82) is 0 Å². The maximum Gasteiger partial charge on any atom is 0.222 e. The molecule has 100 valence electrons. The van der Waals surface area contributed by atoms with Crippen LogP contribution in [-0.4, -0.2) is 24.4 Å². The number of carbonyl (C=O) groups excluding carboxylic acids is 1. The molecule has 5 nitrogen and oxygen atoms in total. The van der Waals surface area contributed by atoms with Gasteiger partial charge < -0.3 is 0 Å². The Kier molecular flexibility index (Phi) is 2.87. The van der Waals surface area contributed by atoms with E-state index in [9.17, 15) is 13.2 Å². The molecule has 3 rings (SSSR count). The van der Waals surface area contributed by atoms with Crippen molar-refractivity contribution in [3.63, 3.8) is 0 Å². The predicted octanol–water partition coefficient (Wildman–Crippen LogP) is 1.91. The van der Waals surface area contributed by atoms with E-state index in [1.54, 1.807) is 24.3 Å². The van der Waals surface area contributed by atoms with Crippen LogP contribution in [0.25, 0.3) is 10.9 Å². The highest BCUT2D eigenvalue weighted by atomic mass is 32.2. The van der Waals surface area contributed by atoms with Gasteiger partial charge in [0.2, 0.25) is 16.2 Å². The molecule has 2 heterocycles. The zero-order chi connectivity index (χ0) is 14.2. The molecule has 0 spiro atoms. The summed E-state index contributed by atoms with van der Waals surface area (Å²) in [4.78, 5) is 15.3. The van der Waals surface area contributed by atoms with E-state index >= 15 is 0 Å². The Labute approximate surface area is 115 Å². The topological polar surface area (TPSA) is 69.0 Å². The van der Waals surface area contributed by atoms with Gasteiger partial charge in [-0.3, -0.25) is 14.3 Å². The molecule has 0 radical (unpaired) electrons. The zero-order valence-electron chi connectivity index (χ0n) is 10.3. The minimum Gasteiger partial charge on any atom is -0.278 e. The van der Waals surface area contributed by atoms with Crippen molar-refractivity contribution in [1.82, 2.24) is 9.55 Å². The standard InChI is InChI=1S/C14H10N2O3S/c17-10-16-13-6-7-15-9-11(13)8-14(16)20(18,19)12-4-2-1-3-5-12/h1-10H. The monoisotopic (exact) mass is 286 g/mol. The molecule has 0 saturated heterocycles. The summed E-state index contributed by atoms with van der Waals surface area (Å²) in [6, 6.07) is 11.1. The van der Waals surface area contributed by atoms with Crippen LogP contribution in [-0.2, 0) is 14.6 Å². The molecule has 0 unspecified atom stereocenters. The van der Waals surface area contributed by atoms with Crippen LogP contribution >= 0.6 is 0 Å². The normalized spacial score (nSPS) is 11.6. The molecular weight excluding hydrogens is 276 g/mol. The number of hydrogen-bond donors (Lipinski definition) is 0. The van der Waals surface area contributed by atoms with Crippen LogP contribution in [0.4, 0.5) is 0 Å². The van der Waals surface area contributed by atoms with Crippen LogP contribution in [0.1, 0.15) is 0 Å². The van der Waals surface area contributed by atoms with Crippen LogP contribution in [0.15, 0.2) is 64.8 Å². The molecule has 0 amide bonds. The van der Waals surface area contributed by atoms with Gasteiger partial charge in [-0.25, -0.2) is 8.42 Å². The van der Waals surface area contributed by atoms with Crippen molar-refractivity contribution in [2.24, 2.45) is 0 Å². The summed E-state index contributed by atoms with van der Waals surface area (Å²) in [5.41, 5.74) is 0.518. The number of rotatable bonds is 3. The molecule has 20 heavy (non-hydrogen) atoms. The molecule has 0 aliphatic heterocycles. The summed E-state index contributed by atoms with van der Waals surface area (Å²) in [7, 11) is -3.74. The van der Waals surface area contributed by atoms with Crippen molar-refractivity contribution in [2.45, 2.75) is 9.92 Å². The van der Waals surface area contributed by atoms with Gasteiger partial charge in [0, 0.05) is 17.8 Å². The lowest BCUT2D eigenvalue weighted by Gasteiger charge is -2.05. The fourth-order valence-electron chi connectivity index (χ4n) is 2.09. The first-order valence-electron chi connectivity index (χ1n) is 5.85. The molecule has 0 N–H and O–H groups in total. The highest BCUT2D eigenvalue weighted by Crippen LogP contribution is 2.26. The molecule has 6 heteroatoms. The Morgan fingerprint density at radius 2 is 1.85 bits per heavy atom. The number of sulfone groups is 1. The smallest absolute Gasteiger partial charge is 0.222 e. The molecular formula is C14H10N2O3S. The van der Waals surface area contributed by atoms with Gasteiger partial charge in [-0.05, 0) is 24.3 Å². The minimum absolute atomic E-state index is 0.0540. The van der Waals surface area contributed by atoms with E-state index < -0.39 is 9.84 Å². The Morgan fingerprint density at radius 3 is 2.55 bits per heavy atom. The Balaban J connectivity index is 2.32. The van der Waals surface area contributed by atoms with Gasteiger partial charge in [-0.15, -0.1) is 0 Å². The maximum absolute atomic E-state index is 12.6. The van der Waals surface area contributed by atoms with Crippen LogP contribution in [0.5, 0.6) is 0 Å². The van der Waals surface area contributed by atoms with Gasteiger partial charge in [-0.1, -0.05) is 18.2 Å². The van der Waals surface area contributed by atoms with E-state index in [0.29, 0.717) is 17.3 Å². The van der Waals surface area contributed by atoms with E-state index in [-0.39, 0.29) is 9.92 Å². The molecule has 0 fully saturated rings. The van der Waals surface area contributed by atoms with Crippen LogP contribution in [0, 0.1) is 0 Å². The second-order valence-electron chi connectivity index (χ2n) is 4.21. The maximum atomic E-state index is 12.6. The number of nitrogens with zero attached hydrogens (tertiary/aromatic N) is 2. The largest absolute Gasteiger partial charge is 0.278 e. The van der Waals surface area contributed by atoms with Crippen LogP contribution in [0.2, 0.25) is 0 Å². The van der Waals surface area contributed by atoms with Gasteiger partial charge >= 0.3 is 0 Å². The highest BCUT2D eigenvalue weighted by molar-refractivity contribution is 7.91. The fourth-order valence-corrected chi connectivity index (χ4v) is 3.53. The Morgan fingerprint density at radius 1 is 1.10 bits per heavy atom. The summed E-state index contributed by atoms with van der Waals surface area (Å²) in [6.45, 7) is 0. The van der Waals surface area contributed by atoms with E-state index in [1.807, 2.05) is 0 Å². The number of benzene rings is 1. The summed E-state index contributed by atoms with van der Waals surface area (Å²) in [5.74, 6) is 0. The number of carbonyl (C=O) groups is 1.